The van der Waals surface area contributed by atoms with Crippen LogP contribution in [0.5, 0.6) is 0 Å². The van der Waals surface area contributed by atoms with Crippen molar-refractivity contribution in [1.82, 2.24) is 14.5 Å². The van der Waals surface area contributed by atoms with E-state index in [1.165, 1.54) is 37.0 Å². The molecule has 3 aromatic rings. The topological polar surface area (TPSA) is 112 Å². The molecule has 0 atom stereocenters. The fraction of sp³-hybridized carbons (Fsp3) is 0.419. The zero-order valence-electron chi connectivity index (χ0n) is 24.5. The molecule has 0 aliphatic carbocycles. The summed E-state index contributed by atoms with van der Waals surface area (Å²) < 4.78 is 59.1. The van der Waals surface area contributed by atoms with Crippen molar-refractivity contribution in [3.8, 4) is 11.3 Å². The number of nitrogens with one attached hydrogen (secondary N) is 1. The molecule has 3 heterocycles. The Morgan fingerprint density at radius 1 is 1.00 bits per heavy atom. The first kappa shape index (κ1) is 31.2. The summed E-state index contributed by atoms with van der Waals surface area (Å²) in [7, 11) is 2.56. The van der Waals surface area contributed by atoms with Gasteiger partial charge in [-0.15, -0.1) is 0 Å². The first-order chi connectivity index (χ1) is 21.2. The lowest BCUT2D eigenvalue weighted by molar-refractivity contribution is -0.0382. The lowest BCUT2D eigenvalue weighted by Gasteiger charge is -2.44. The molecule has 2 aliphatic heterocycles. The molecule has 2 aliphatic rings. The van der Waals surface area contributed by atoms with E-state index in [4.69, 9.17) is 14.2 Å². The zero-order chi connectivity index (χ0) is 31.4. The third kappa shape index (κ3) is 6.34. The molecule has 0 radical (unpaired) electrons. The van der Waals surface area contributed by atoms with Gasteiger partial charge in [0, 0.05) is 50.7 Å². The molecule has 1 aromatic heterocycles. The van der Waals surface area contributed by atoms with Gasteiger partial charge in [0.2, 0.25) is 0 Å². The Bertz CT molecular complexity index is 1620. The number of ether oxygens (including phenoxy) is 3. The van der Waals surface area contributed by atoms with E-state index in [-0.39, 0.29) is 41.5 Å². The van der Waals surface area contributed by atoms with Crippen LogP contribution in [0.15, 0.2) is 41.2 Å². The molecular weight excluding hydrogens is 581 g/mol. The van der Waals surface area contributed by atoms with Crippen LogP contribution in [-0.2, 0) is 33.0 Å². The number of rotatable bonds is 10. The van der Waals surface area contributed by atoms with Gasteiger partial charge in [0.25, 0.3) is 0 Å². The van der Waals surface area contributed by atoms with Gasteiger partial charge in [0.15, 0.2) is 11.6 Å². The first-order valence-electron chi connectivity index (χ1n) is 14.3. The van der Waals surface area contributed by atoms with Crippen LogP contribution in [0, 0.1) is 17.5 Å². The third-order valence-electron chi connectivity index (χ3n) is 8.14. The molecule has 2 aromatic carbocycles. The molecule has 44 heavy (non-hydrogen) atoms. The van der Waals surface area contributed by atoms with Gasteiger partial charge in [-0.3, -0.25) is 9.88 Å². The zero-order valence-corrected chi connectivity index (χ0v) is 24.5. The second kappa shape index (κ2) is 13.2. The molecule has 13 heteroatoms. The number of carbonyl (C=O) groups is 2. The number of carbonyl (C=O) groups excluding carboxylic acids is 2. The summed E-state index contributed by atoms with van der Waals surface area (Å²) in [6.07, 6.45) is 2.55. The second-order valence-electron chi connectivity index (χ2n) is 10.9. The minimum absolute atomic E-state index is 0.0352. The van der Waals surface area contributed by atoms with Crippen LogP contribution < -0.4 is 11.0 Å². The number of benzene rings is 2. The number of fused-ring (bicyclic) bond motifs is 2. The van der Waals surface area contributed by atoms with Crippen molar-refractivity contribution in [2.24, 2.45) is 0 Å². The van der Waals surface area contributed by atoms with Crippen LogP contribution in [0.4, 0.5) is 23.7 Å². The number of nitrogens with zero attached hydrogens (tertiary/aromatic N) is 3. The second-order valence-corrected chi connectivity index (χ2v) is 10.9. The lowest BCUT2D eigenvalue weighted by atomic mass is 9.82. The highest BCUT2D eigenvalue weighted by Gasteiger charge is 2.44. The van der Waals surface area contributed by atoms with Gasteiger partial charge in [0.1, 0.15) is 17.0 Å². The summed E-state index contributed by atoms with van der Waals surface area (Å²) in [5.74, 6) is -3.37. The fourth-order valence-corrected chi connectivity index (χ4v) is 5.97. The molecule has 234 valence electrons. The fourth-order valence-electron chi connectivity index (χ4n) is 5.97. The maximum Gasteiger partial charge on any atom is 0.412 e. The number of halogens is 3. The summed E-state index contributed by atoms with van der Waals surface area (Å²) in [4.78, 5) is 44.4. The quantitative estimate of drug-likeness (QED) is 0.251. The monoisotopic (exact) mass is 614 g/mol. The molecule has 1 spiro atoms. The van der Waals surface area contributed by atoms with Crippen molar-refractivity contribution in [3.05, 3.63) is 81.2 Å². The van der Waals surface area contributed by atoms with Crippen molar-refractivity contribution in [2.45, 2.75) is 50.9 Å². The van der Waals surface area contributed by atoms with Crippen molar-refractivity contribution < 1.29 is 37.0 Å². The third-order valence-corrected chi connectivity index (χ3v) is 8.14. The highest BCUT2D eigenvalue weighted by atomic mass is 19.2. The first-order valence-corrected chi connectivity index (χ1v) is 14.3. The molecule has 0 unspecified atom stereocenters. The van der Waals surface area contributed by atoms with Crippen LogP contribution >= 0.6 is 0 Å². The average molecular weight is 615 g/mol. The van der Waals surface area contributed by atoms with E-state index in [1.54, 1.807) is 6.07 Å². The van der Waals surface area contributed by atoms with E-state index in [0.29, 0.717) is 50.0 Å². The van der Waals surface area contributed by atoms with E-state index in [0.717, 1.165) is 25.1 Å². The van der Waals surface area contributed by atoms with Crippen molar-refractivity contribution in [1.29, 1.82) is 0 Å². The Kier molecular flexibility index (Phi) is 9.35. The standard InChI is InChI=1S/C31H33F3N4O6/c1-42-18-25-26(28(39)43-2)27(19-6-8-22(33)23(34)16-19)38(29(40)35-25)13-5-3-4-12-37-14-10-31(11-15-37)21-17-20(32)7-9-24(21)36-30(41)44-31/h6-9,16-17H,3-5,10-15,18H2,1-2H3,(H,36,41). The molecule has 0 saturated carbocycles. The number of esters is 1. The van der Waals surface area contributed by atoms with E-state index in [9.17, 15) is 27.6 Å². The predicted octanol–water partition coefficient (Wildman–Crippen LogP) is 4.98. The van der Waals surface area contributed by atoms with Crippen molar-refractivity contribution >= 4 is 17.7 Å². The number of anilines is 1. The number of piperidine rings is 1. The van der Waals surface area contributed by atoms with Gasteiger partial charge >= 0.3 is 17.8 Å². The van der Waals surface area contributed by atoms with E-state index >= 15 is 0 Å². The smallest absolute Gasteiger partial charge is 0.412 e. The summed E-state index contributed by atoms with van der Waals surface area (Å²) in [5, 5.41) is 2.64. The summed E-state index contributed by atoms with van der Waals surface area (Å²) in [5.41, 5.74) is -0.118. The van der Waals surface area contributed by atoms with Gasteiger partial charge < -0.3 is 19.1 Å². The maximum atomic E-state index is 14.2. The molecule has 1 fully saturated rings. The lowest BCUT2D eigenvalue weighted by Crippen LogP contribution is -2.48. The van der Waals surface area contributed by atoms with Gasteiger partial charge in [-0.05, 0) is 55.8 Å². The normalized spacial score (nSPS) is 15.9. The largest absolute Gasteiger partial charge is 0.465 e. The summed E-state index contributed by atoms with van der Waals surface area (Å²) in [6.45, 7) is 2.06. The van der Waals surface area contributed by atoms with E-state index in [2.05, 4.69) is 15.2 Å². The minimum atomic E-state index is -1.13. The SMILES string of the molecule is COCc1nc(=O)n(CCCCCN2CCC3(CC2)OC(=O)Nc2ccc(F)cc23)c(-c2ccc(F)c(F)c2)c1C(=O)OC. The number of aromatic nitrogens is 2. The highest BCUT2D eigenvalue weighted by Crippen LogP contribution is 2.43. The predicted molar refractivity (Wildman–Crippen MR) is 154 cm³/mol. The van der Waals surface area contributed by atoms with Crippen LogP contribution in [0.1, 0.15) is 53.7 Å². The van der Waals surface area contributed by atoms with Crippen molar-refractivity contribution in [3.63, 3.8) is 0 Å². The molecule has 5 rings (SSSR count). The van der Waals surface area contributed by atoms with Crippen molar-refractivity contribution in [2.75, 3.05) is 39.2 Å². The molecule has 0 bridgehead atoms. The Morgan fingerprint density at radius 3 is 2.45 bits per heavy atom. The van der Waals surface area contributed by atoms with Gasteiger partial charge in [-0.25, -0.2) is 27.6 Å². The number of amides is 1. The van der Waals surface area contributed by atoms with Crippen LogP contribution in [0.2, 0.25) is 0 Å². The Balaban J connectivity index is 1.26. The maximum absolute atomic E-state index is 14.2. The van der Waals surface area contributed by atoms with Gasteiger partial charge in [-0.1, -0.05) is 6.42 Å². The Morgan fingerprint density at radius 2 is 1.75 bits per heavy atom. The Labute approximate surface area is 251 Å². The summed E-state index contributed by atoms with van der Waals surface area (Å²) >= 11 is 0. The number of hydrogen-bond acceptors (Lipinski definition) is 8. The van der Waals surface area contributed by atoms with Gasteiger partial charge in [-0.2, -0.15) is 4.98 Å². The minimum Gasteiger partial charge on any atom is -0.465 e. The van der Waals surface area contributed by atoms with Crippen LogP contribution in [0.25, 0.3) is 11.3 Å². The van der Waals surface area contributed by atoms with E-state index < -0.39 is 35.0 Å². The number of unbranched alkanes of at least 4 members (excludes halogenated alkanes) is 2. The molecule has 1 saturated heterocycles. The van der Waals surface area contributed by atoms with Gasteiger partial charge in [0.05, 0.1) is 30.8 Å². The number of methoxy groups -OCH3 is 2. The number of hydrogen-bond donors (Lipinski definition) is 1. The molecule has 1 amide bonds. The summed E-state index contributed by atoms with van der Waals surface area (Å²) in [6, 6.07) is 7.43. The average Bonchev–Trinajstić information content (AvgIpc) is 3.00. The van der Waals surface area contributed by atoms with E-state index in [1.807, 2.05) is 0 Å². The number of likely N-dealkylation sites (tertiary alicyclic amines) is 1. The molecule has 1 N–H and O–H groups in total. The van der Waals surface area contributed by atoms with Crippen LogP contribution in [0.3, 0.4) is 0 Å². The molecular formula is C31H33F3N4O6. The highest BCUT2D eigenvalue weighted by molar-refractivity contribution is 5.97. The Hall–Kier alpha value is -4.23. The van der Waals surface area contributed by atoms with Crippen LogP contribution in [-0.4, -0.2) is 60.4 Å². The molecule has 10 nitrogen and oxygen atoms in total.